The van der Waals surface area contributed by atoms with Crippen LogP contribution in [0.2, 0.25) is 0 Å². The first-order valence-corrected chi connectivity index (χ1v) is 6.31. The van der Waals surface area contributed by atoms with Gasteiger partial charge >= 0.3 is 0 Å². The molecule has 2 aromatic heterocycles. The zero-order chi connectivity index (χ0) is 11.7. The van der Waals surface area contributed by atoms with Crippen molar-refractivity contribution in [1.82, 2.24) is 9.97 Å². The zero-order valence-corrected chi connectivity index (χ0v) is 10.2. The molecule has 1 saturated heterocycles. The van der Waals surface area contributed by atoms with Crippen molar-refractivity contribution in [3.8, 4) is 0 Å². The summed E-state index contributed by atoms with van der Waals surface area (Å²) < 4.78 is 0. The van der Waals surface area contributed by atoms with Gasteiger partial charge in [0.05, 0.1) is 23.1 Å². The highest BCUT2D eigenvalue weighted by Crippen LogP contribution is 2.28. The Kier molecular flexibility index (Phi) is 2.67. The van der Waals surface area contributed by atoms with Crippen molar-refractivity contribution in [3.63, 3.8) is 0 Å². The Morgan fingerprint density at radius 3 is 2.76 bits per heavy atom. The fourth-order valence-corrected chi connectivity index (χ4v) is 2.58. The van der Waals surface area contributed by atoms with E-state index in [0.29, 0.717) is 0 Å². The summed E-state index contributed by atoms with van der Waals surface area (Å²) in [5, 5.41) is 1.24. The number of nitrogens with zero attached hydrogens (tertiary/aromatic N) is 3. The van der Waals surface area contributed by atoms with E-state index in [-0.39, 0.29) is 0 Å². The number of aryl methyl sites for hydroxylation is 1. The van der Waals surface area contributed by atoms with E-state index >= 15 is 0 Å². The van der Waals surface area contributed by atoms with Crippen LogP contribution in [0.25, 0.3) is 10.9 Å². The third-order valence-electron chi connectivity index (χ3n) is 3.50. The minimum atomic E-state index is 1.02. The molecule has 0 aromatic carbocycles. The van der Waals surface area contributed by atoms with E-state index in [4.69, 9.17) is 0 Å². The Morgan fingerprint density at radius 2 is 1.94 bits per heavy atom. The Morgan fingerprint density at radius 1 is 1.12 bits per heavy atom. The van der Waals surface area contributed by atoms with Gasteiger partial charge in [-0.2, -0.15) is 0 Å². The van der Waals surface area contributed by atoms with Gasteiger partial charge in [0.2, 0.25) is 0 Å². The second-order valence-electron chi connectivity index (χ2n) is 4.68. The average molecular weight is 227 g/mol. The molecule has 88 valence electrons. The van der Waals surface area contributed by atoms with Gasteiger partial charge in [0.25, 0.3) is 0 Å². The summed E-state index contributed by atoms with van der Waals surface area (Å²) in [4.78, 5) is 11.4. The van der Waals surface area contributed by atoms with Gasteiger partial charge in [-0.3, -0.25) is 9.97 Å². The highest BCUT2D eigenvalue weighted by molar-refractivity contribution is 5.92. The first-order chi connectivity index (χ1) is 8.36. The number of anilines is 1. The van der Waals surface area contributed by atoms with E-state index in [2.05, 4.69) is 20.9 Å². The summed E-state index contributed by atoms with van der Waals surface area (Å²) in [5.41, 5.74) is 3.30. The fraction of sp³-hybridized carbons (Fsp3) is 0.429. The predicted molar refractivity (Wildman–Crippen MR) is 70.3 cm³/mol. The third-order valence-corrected chi connectivity index (χ3v) is 3.50. The van der Waals surface area contributed by atoms with Crippen LogP contribution in [0.5, 0.6) is 0 Å². The maximum atomic E-state index is 4.48. The van der Waals surface area contributed by atoms with Crippen molar-refractivity contribution in [1.29, 1.82) is 0 Å². The predicted octanol–water partition coefficient (Wildman–Crippen LogP) is 2.93. The first-order valence-electron chi connectivity index (χ1n) is 6.31. The number of pyridine rings is 2. The number of hydrogen-bond acceptors (Lipinski definition) is 3. The van der Waals surface area contributed by atoms with Gasteiger partial charge in [0, 0.05) is 24.7 Å². The molecule has 0 atom stereocenters. The van der Waals surface area contributed by atoms with Gasteiger partial charge in [-0.05, 0) is 38.3 Å². The van der Waals surface area contributed by atoms with Crippen LogP contribution in [0.1, 0.15) is 25.0 Å². The standard InChI is InChI=1S/C14H17N3/c1-11-14-12(6-5-7-15-14)13(10-16-11)17-8-3-2-4-9-17/h5-7,10H,2-4,8-9H2,1H3. The number of hydrogen-bond donors (Lipinski definition) is 0. The van der Waals surface area contributed by atoms with E-state index in [0.717, 1.165) is 24.3 Å². The fourth-order valence-electron chi connectivity index (χ4n) is 2.58. The van der Waals surface area contributed by atoms with Gasteiger partial charge in [-0.15, -0.1) is 0 Å². The van der Waals surface area contributed by atoms with Gasteiger partial charge < -0.3 is 4.90 Å². The molecule has 0 aliphatic carbocycles. The molecule has 0 spiro atoms. The van der Waals surface area contributed by atoms with Crippen molar-refractivity contribution >= 4 is 16.6 Å². The molecule has 1 aliphatic rings. The van der Waals surface area contributed by atoms with Crippen molar-refractivity contribution < 1.29 is 0 Å². The van der Waals surface area contributed by atoms with Gasteiger partial charge in [-0.1, -0.05) is 0 Å². The van der Waals surface area contributed by atoms with Crippen molar-refractivity contribution in [2.75, 3.05) is 18.0 Å². The lowest BCUT2D eigenvalue weighted by atomic mass is 10.1. The summed E-state index contributed by atoms with van der Waals surface area (Å²) in [6.07, 6.45) is 7.78. The van der Waals surface area contributed by atoms with E-state index in [1.54, 1.807) is 0 Å². The molecule has 1 fully saturated rings. The molecule has 3 nitrogen and oxygen atoms in total. The van der Waals surface area contributed by atoms with E-state index in [9.17, 15) is 0 Å². The number of piperidine rings is 1. The molecule has 0 unspecified atom stereocenters. The molecule has 0 bridgehead atoms. The molecule has 0 saturated carbocycles. The van der Waals surface area contributed by atoms with Crippen molar-refractivity contribution in [3.05, 3.63) is 30.2 Å². The van der Waals surface area contributed by atoms with E-state index in [1.807, 2.05) is 25.4 Å². The van der Waals surface area contributed by atoms with Crippen LogP contribution in [-0.2, 0) is 0 Å². The molecule has 0 amide bonds. The lowest BCUT2D eigenvalue weighted by molar-refractivity contribution is 0.578. The molecule has 2 aromatic rings. The largest absolute Gasteiger partial charge is 0.370 e. The molecule has 1 aliphatic heterocycles. The number of fused-ring (bicyclic) bond motifs is 1. The molecule has 3 heteroatoms. The summed E-state index contributed by atoms with van der Waals surface area (Å²) in [5.74, 6) is 0. The van der Waals surface area contributed by atoms with Gasteiger partial charge in [0.1, 0.15) is 0 Å². The molecule has 0 N–H and O–H groups in total. The van der Waals surface area contributed by atoms with Crippen LogP contribution < -0.4 is 4.90 Å². The smallest absolute Gasteiger partial charge is 0.0935 e. The molecule has 3 rings (SSSR count). The molecule has 17 heavy (non-hydrogen) atoms. The van der Waals surface area contributed by atoms with Crippen molar-refractivity contribution in [2.45, 2.75) is 26.2 Å². The van der Waals surface area contributed by atoms with Crippen LogP contribution in [0, 0.1) is 6.92 Å². The second-order valence-corrected chi connectivity index (χ2v) is 4.68. The Hall–Kier alpha value is -1.64. The minimum absolute atomic E-state index is 1.02. The Labute approximate surface area is 101 Å². The quantitative estimate of drug-likeness (QED) is 0.750. The summed E-state index contributed by atoms with van der Waals surface area (Å²) in [7, 11) is 0. The van der Waals surface area contributed by atoms with Crippen LogP contribution in [0.15, 0.2) is 24.5 Å². The molecule has 0 radical (unpaired) electrons. The van der Waals surface area contributed by atoms with Gasteiger partial charge in [-0.25, -0.2) is 0 Å². The highest BCUT2D eigenvalue weighted by Gasteiger charge is 2.14. The topological polar surface area (TPSA) is 29.0 Å². The molecular formula is C14H17N3. The normalized spacial score (nSPS) is 16.4. The lowest BCUT2D eigenvalue weighted by Gasteiger charge is -2.29. The van der Waals surface area contributed by atoms with E-state index in [1.165, 1.54) is 30.3 Å². The Bertz CT molecular complexity index is 530. The second kappa shape index (κ2) is 4.32. The maximum absolute atomic E-state index is 4.48. The summed E-state index contributed by atoms with van der Waals surface area (Å²) in [6, 6.07) is 4.16. The van der Waals surface area contributed by atoms with Crippen molar-refractivity contribution in [2.24, 2.45) is 0 Å². The Balaban J connectivity index is 2.12. The van der Waals surface area contributed by atoms with Crippen LogP contribution in [0.4, 0.5) is 5.69 Å². The van der Waals surface area contributed by atoms with Crippen LogP contribution >= 0.6 is 0 Å². The lowest BCUT2D eigenvalue weighted by Crippen LogP contribution is -2.29. The van der Waals surface area contributed by atoms with E-state index < -0.39 is 0 Å². The minimum Gasteiger partial charge on any atom is -0.370 e. The average Bonchev–Trinajstić information content (AvgIpc) is 2.41. The van der Waals surface area contributed by atoms with Crippen LogP contribution in [0.3, 0.4) is 0 Å². The molecule has 3 heterocycles. The highest BCUT2D eigenvalue weighted by atomic mass is 15.1. The third kappa shape index (κ3) is 1.86. The van der Waals surface area contributed by atoms with Crippen LogP contribution in [-0.4, -0.2) is 23.1 Å². The summed E-state index contributed by atoms with van der Waals surface area (Å²) >= 11 is 0. The van der Waals surface area contributed by atoms with Gasteiger partial charge in [0.15, 0.2) is 0 Å². The maximum Gasteiger partial charge on any atom is 0.0935 e. The molecular weight excluding hydrogens is 210 g/mol. The number of aromatic nitrogens is 2. The number of rotatable bonds is 1. The SMILES string of the molecule is Cc1ncc(N2CCCCC2)c2cccnc12. The summed E-state index contributed by atoms with van der Waals surface area (Å²) in [6.45, 7) is 4.32. The monoisotopic (exact) mass is 227 g/mol. The zero-order valence-electron chi connectivity index (χ0n) is 10.2. The first kappa shape index (κ1) is 10.5.